The molecule has 3 aromatic rings. The first kappa shape index (κ1) is 9.05. The summed E-state index contributed by atoms with van der Waals surface area (Å²) in [7, 11) is 0. The van der Waals surface area contributed by atoms with Gasteiger partial charge in [-0.1, -0.05) is 11.2 Å². The quantitative estimate of drug-likeness (QED) is 0.694. The van der Waals surface area contributed by atoms with Gasteiger partial charge >= 0.3 is 0 Å². The van der Waals surface area contributed by atoms with Gasteiger partial charge in [-0.25, -0.2) is 4.98 Å². The van der Waals surface area contributed by atoms with Crippen molar-refractivity contribution in [3.8, 4) is 11.4 Å². The van der Waals surface area contributed by atoms with E-state index >= 15 is 0 Å². The Morgan fingerprint density at radius 1 is 1.31 bits per heavy atom. The van der Waals surface area contributed by atoms with Crippen molar-refractivity contribution < 1.29 is 8.94 Å². The van der Waals surface area contributed by atoms with Crippen molar-refractivity contribution in [2.45, 2.75) is 6.54 Å². The Morgan fingerprint density at radius 3 is 3.06 bits per heavy atom. The number of fused-ring (bicyclic) bond motifs is 1. The van der Waals surface area contributed by atoms with E-state index in [0.717, 1.165) is 5.56 Å². The van der Waals surface area contributed by atoms with E-state index in [1.807, 2.05) is 18.2 Å². The topological polar surface area (TPSA) is 91.0 Å². The van der Waals surface area contributed by atoms with Crippen molar-refractivity contribution in [1.82, 2.24) is 15.1 Å². The van der Waals surface area contributed by atoms with E-state index in [-0.39, 0.29) is 6.54 Å². The Morgan fingerprint density at radius 2 is 2.25 bits per heavy atom. The second kappa shape index (κ2) is 3.42. The molecule has 3 rings (SSSR count). The van der Waals surface area contributed by atoms with Crippen LogP contribution in [-0.2, 0) is 6.54 Å². The predicted molar refractivity (Wildman–Crippen MR) is 55.2 cm³/mol. The average Bonchev–Trinajstić information content (AvgIpc) is 2.97. The van der Waals surface area contributed by atoms with Gasteiger partial charge in [0.25, 0.3) is 0 Å². The number of hydrogen-bond donors (Lipinski definition) is 1. The molecule has 0 saturated heterocycles. The Labute approximate surface area is 90.1 Å². The molecule has 0 aliphatic rings. The fraction of sp³-hybridized carbons (Fsp3) is 0.100. The van der Waals surface area contributed by atoms with Gasteiger partial charge in [-0.3, -0.25) is 0 Å². The summed E-state index contributed by atoms with van der Waals surface area (Å²) in [6.45, 7) is 0.224. The normalized spacial score (nSPS) is 11.1. The van der Waals surface area contributed by atoms with Crippen molar-refractivity contribution in [3.63, 3.8) is 0 Å². The van der Waals surface area contributed by atoms with Crippen LogP contribution in [0.4, 0.5) is 0 Å². The second-order valence-electron chi connectivity index (χ2n) is 3.22. The van der Waals surface area contributed by atoms with E-state index in [1.54, 1.807) is 0 Å². The summed E-state index contributed by atoms with van der Waals surface area (Å²) >= 11 is 0. The molecule has 0 aliphatic heterocycles. The summed E-state index contributed by atoms with van der Waals surface area (Å²) in [4.78, 5) is 8.25. The first-order valence-electron chi connectivity index (χ1n) is 4.73. The lowest BCUT2D eigenvalue weighted by atomic mass is 10.2. The van der Waals surface area contributed by atoms with Gasteiger partial charge in [-0.05, 0) is 12.1 Å². The smallest absolute Gasteiger partial charge is 0.240 e. The molecule has 2 heterocycles. The van der Waals surface area contributed by atoms with Gasteiger partial charge in [0.1, 0.15) is 5.52 Å². The summed E-state index contributed by atoms with van der Waals surface area (Å²) in [5, 5.41) is 3.84. The Kier molecular flexibility index (Phi) is 1.94. The number of oxazole rings is 1. The van der Waals surface area contributed by atoms with Gasteiger partial charge in [0.05, 0.1) is 12.1 Å². The zero-order chi connectivity index (χ0) is 11.0. The maximum atomic E-state index is 5.40. The monoisotopic (exact) mass is 216 g/mol. The van der Waals surface area contributed by atoms with Crippen molar-refractivity contribution in [2.24, 2.45) is 5.73 Å². The summed E-state index contributed by atoms with van der Waals surface area (Å²) in [6.07, 6.45) is 1.39. The molecule has 80 valence electrons. The van der Waals surface area contributed by atoms with Gasteiger partial charge in [0, 0.05) is 0 Å². The van der Waals surface area contributed by atoms with Gasteiger partial charge in [0.15, 0.2) is 12.0 Å². The molecule has 1 aromatic carbocycles. The van der Waals surface area contributed by atoms with Gasteiger partial charge in [0.2, 0.25) is 11.7 Å². The standard InChI is InChI=1S/C10H8N4O2/c11-4-8-13-10(14-16-8)6-2-1-3-7-9(6)12-5-15-7/h1-3,5H,4,11H2. The number of aromatic nitrogens is 3. The third kappa shape index (κ3) is 1.28. The zero-order valence-corrected chi connectivity index (χ0v) is 8.25. The largest absolute Gasteiger partial charge is 0.443 e. The Balaban J connectivity index is 2.21. The van der Waals surface area contributed by atoms with Gasteiger partial charge in [-0.2, -0.15) is 4.98 Å². The van der Waals surface area contributed by atoms with E-state index in [2.05, 4.69) is 15.1 Å². The van der Waals surface area contributed by atoms with Crippen LogP contribution in [0.2, 0.25) is 0 Å². The highest BCUT2D eigenvalue weighted by Gasteiger charge is 2.12. The van der Waals surface area contributed by atoms with E-state index in [4.69, 9.17) is 14.7 Å². The lowest BCUT2D eigenvalue weighted by molar-refractivity contribution is 0.380. The molecule has 16 heavy (non-hydrogen) atoms. The van der Waals surface area contributed by atoms with E-state index in [0.29, 0.717) is 22.8 Å². The molecule has 6 nitrogen and oxygen atoms in total. The van der Waals surface area contributed by atoms with Crippen LogP contribution in [0, 0.1) is 0 Å². The average molecular weight is 216 g/mol. The van der Waals surface area contributed by atoms with Crippen molar-refractivity contribution in [3.05, 3.63) is 30.5 Å². The SMILES string of the molecule is NCc1nc(-c2cccc3ocnc23)no1. The molecule has 0 aliphatic carbocycles. The zero-order valence-electron chi connectivity index (χ0n) is 8.25. The maximum Gasteiger partial charge on any atom is 0.240 e. The molecule has 0 atom stereocenters. The summed E-state index contributed by atoms with van der Waals surface area (Å²) in [6, 6.07) is 5.53. The highest BCUT2D eigenvalue weighted by Crippen LogP contribution is 2.24. The number of benzene rings is 1. The molecule has 2 aromatic heterocycles. The first-order valence-corrected chi connectivity index (χ1v) is 4.73. The van der Waals surface area contributed by atoms with Gasteiger partial charge in [-0.15, -0.1) is 0 Å². The number of nitrogens with zero attached hydrogens (tertiary/aromatic N) is 3. The van der Waals surface area contributed by atoms with E-state index in [9.17, 15) is 0 Å². The highest BCUT2D eigenvalue weighted by atomic mass is 16.5. The van der Waals surface area contributed by atoms with E-state index < -0.39 is 0 Å². The van der Waals surface area contributed by atoms with Crippen molar-refractivity contribution in [2.75, 3.05) is 0 Å². The molecule has 0 unspecified atom stereocenters. The van der Waals surface area contributed by atoms with Crippen LogP contribution in [0.1, 0.15) is 5.89 Å². The summed E-state index contributed by atoms with van der Waals surface area (Å²) in [5.41, 5.74) is 7.58. The van der Waals surface area contributed by atoms with Crippen molar-refractivity contribution >= 4 is 11.1 Å². The van der Waals surface area contributed by atoms with Gasteiger partial charge < -0.3 is 14.7 Å². The molecule has 0 bridgehead atoms. The third-order valence-corrected chi connectivity index (χ3v) is 2.24. The summed E-state index contributed by atoms with van der Waals surface area (Å²) in [5.74, 6) is 0.871. The molecule has 0 fully saturated rings. The fourth-order valence-corrected chi connectivity index (χ4v) is 1.51. The number of hydrogen-bond acceptors (Lipinski definition) is 6. The molecule has 0 amide bonds. The molecule has 0 saturated carbocycles. The van der Waals surface area contributed by atoms with Crippen LogP contribution in [-0.4, -0.2) is 15.1 Å². The lowest BCUT2D eigenvalue weighted by Gasteiger charge is -1.93. The van der Waals surface area contributed by atoms with Crippen LogP contribution in [0.15, 0.2) is 33.5 Å². The second-order valence-corrected chi connectivity index (χ2v) is 3.22. The van der Waals surface area contributed by atoms with Crippen molar-refractivity contribution in [1.29, 1.82) is 0 Å². The maximum absolute atomic E-state index is 5.40. The minimum Gasteiger partial charge on any atom is -0.443 e. The molecule has 6 heteroatoms. The predicted octanol–water partition coefficient (Wildman–Crippen LogP) is 1.34. The lowest BCUT2D eigenvalue weighted by Crippen LogP contribution is -1.95. The molecule has 2 N–H and O–H groups in total. The van der Waals surface area contributed by atoms with Crippen LogP contribution in [0.5, 0.6) is 0 Å². The number of rotatable bonds is 2. The minimum atomic E-state index is 0.224. The van der Waals surface area contributed by atoms with Crippen LogP contribution >= 0.6 is 0 Å². The molecule has 0 spiro atoms. The Bertz CT molecular complexity index is 628. The van der Waals surface area contributed by atoms with Crippen LogP contribution < -0.4 is 5.73 Å². The van der Waals surface area contributed by atoms with E-state index in [1.165, 1.54) is 6.39 Å². The summed E-state index contributed by atoms with van der Waals surface area (Å²) < 4.78 is 10.1. The number of para-hydroxylation sites is 1. The molecular formula is C10H8N4O2. The molecule has 0 radical (unpaired) electrons. The van der Waals surface area contributed by atoms with Crippen LogP contribution in [0.3, 0.4) is 0 Å². The first-order chi connectivity index (χ1) is 7.88. The molecular weight excluding hydrogens is 208 g/mol. The highest BCUT2D eigenvalue weighted by molar-refractivity contribution is 5.88. The third-order valence-electron chi connectivity index (χ3n) is 2.24. The van der Waals surface area contributed by atoms with Crippen LogP contribution in [0.25, 0.3) is 22.5 Å². The number of nitrogens with two attached hydrogens (primary N) is 1. The fourth-order valence-electron chi connectivity index (χ4n) is 1.51. The minimum absolute atomic E-state index is 0.224. The Hall–Kier alpha value is -2.21.